The number of hydrogen-bond donors (Lipinski definition) is 0. The van der Waals surface area contributed by atoms with Gasteiger partial charge in [-0.05, 0) is 36.4 Å². The number of carbonyl (C=O) groups excluding carboxylic acids is 1. The Bertz CT molecular complexity index is 975. The molecule has 0 bridgehead atoms. The summed E-state index contributed by atoms with van der Waals surface area (Å²) in [6.07, 6.45) is 1.52. The van der Waals surface area contributed by atoms with E-state index < -0.39 is 0 Å². The third kappa shape index (κ3) is 3.03. The molecule has 25 heavy (non-hydrogen) atoms. The van der Waals surface area contributed by atoms with Gasteiger partial charge in [0.2, 0.25) is 0 Å². The van der Waals surface area contributed by atoms with Crippen LogP contribution in [0.3, 0.4) is 0 Å². The van der Waals surface area contributed by atoms with Crippen LogP contribution in [0, 0.1) is 0 Å². The number of carbonyl (C=O) groups is 1. The molecule has 7 heteroatoms. The Morgan fingerprint density at radius 1 is 1.08 bits per heavy atom. The molecule has 0 unspecified atom stereocenters. The summed E-state index contributed by atoms with van der Waals surface area (Å²) in [6, 6.07) is 11.4. The number of Topliss-reactive ketones (excluding diaryl/α,β-unsaturated/α-hetero) is 1. The molecule has 0 amide bonds. The summed E-state index contributed by atoms with van der Waals surface area (Å²) < 4.78 is 17.3. The average Bonchev–Trinajstić information content (AvgIpc) is 3.18. The second kappa shape index (κ2) is 6.27. The molecule has 0 radical (unpaired) electrons. The van der Waals surface area contributed by atoms with Gasteiger partial charge in [-0.1, -0.05) is 0 Å². The van der Waals surface area contributed by atoms with Crippen LogP contribution in [0.5, 0.6) is 11.5 Å². The zero-order chi connectivity index (χ0) is 17.2. The SMILES string of the molecule is O=C(Cn1nc(-c2ccco2)ccc1=O)c1ccc2c(c1)OCCO2. The van der Waals surface area contributed by atoms with E-state index >= 15 is 0 Å². The van der Waals surface area contributed by atoms with E-state index in [0.29, 0.717) is 41.7 Å². The Morgan fingerprint density at radius 2 is 1.92 bits per heavy atom. The van der Waals surface area contributed by atoms with Gasteiger partial charge in [-0.2, -0.15) is 5.10 Å². The van der Waals surface area contributed by atoms with E-state index in [4.69, 9.17) is 13.9 Å². The number of aromatic nitrogens is 2. The van der Waals surface area contributed by atoms with Crippen molar-refractivity contribution in [1.82, 2.24) is 9.78 Å². The Kier molecular flexibility index (Phi) is 3.81. The van der Waals surface area contributed by atoms with Gasteiger partial charge in [0.25, 0.3) is 5.56 Å². The van der Waals surface area contributed by atoms with Crippen molar-refractivity contribution in [3.05, 3.63) is 64.6 Å². The highest BCUT2D eigenvalue weighted by atomic mass is 16.6. The minimum Gasteiger partial charge on any atom is -0.486 e. The molecule has 0 atom stereocenters. The maximum atomic E-state index is 12.5. The highest BCUT2D eigenvalue weighted by Crippen LogP contribution is 2.30. The van der Waals surface area contributed by atoms with Crippen molar-refractivity contribution in [2.24, 2.45) is 0 Å². The third-order valence-corrected chi connectivity index (χ3v) is 3.80. The maximum Gasteiger partial charge on any atom is 0.267 e. The lowest BCUT2D eigenvalue weighted by Gasteiger charge is -2.18. The summed E-state index contributed by atoms with van der Waals surface area (Å²) in [5, 5.41) is 4.20. The summed E-state index contributed by atoms with van der Waals surface area (Å²) in [6.45, 7) is 0.753. The zero-order valence-corrected chi connectivity index (χ0v) is 13.2. The van der Waals surface area contributed by atoms with E-state index in [9.17, 15) is 9.59 Å². The first-order chi connectivity index (χ1) is 12.2. The quantitative estimate of drug-likeness (QED) is 0.678. The first-order valence-corrected chi connectivity index (χ1v) is 7.75. The molecule has 1 aliphatic rings. The first kappa shape index (κ1) is 15.2. The second-order valence-electron chi connectivity index (χ2n) is 5.47. The van der Waals surface area contributed by atoms with E-state index in [1.54, 1.807) is 36.4 Å². The van der Waals surface area contributed by atoms with E-state index in [1.807, 2.05) is 0 Å². The Hall–Kier alpha value is -3.35. The molecule has 0 saturated heterocycles. The van der Waals surface area contributed by atoms with Crippen LogP contribution in [0.15, 0.2) is 57.9 Å². The van der Waals surface area contributed by atoms with Crippen molar-refractivity contribution < 1.29 is 18.7 Å². The standard InChI is InChI=1S/C18H14N2O5/c21-14(12-3-5-16-17(10-12)25-9-8-24-16)11-20-18(22)6-4-13(19-20)15-2-1-7-23-15/h1-7,10H,8-9,11H2. The van der Waals surface area contributed by atoms with Crippen LogP contribution in [0.25, 0.3) is 11.5 Å². The number of rotatable bonds is 4. The fourth-order valence-corrected chi connectivity index (χ4v) is 2.56. The van der Waals surface area contributed by atoms with E-state index in [1.165, 1.54) is 12.3 Å². The summed E-state index contributed by atoms with van der Waals surface area (Å²) >= 11 is 0. The van der Waals surface area contributed by atoms with Crippen molar-refractivity contribution >= 4 is 5.78 Å². The molecule has 126 valence electrons. The van der Waals surface area contributed by atoms with Crippen LogP contribution < -0.4 is 15.0 Å². The van der Waals surface area contributed by atoms with Crippen LogP contribution >= 0.6 is 0 Å². The van der Waals surface area contributed by atoms with Gasteiger partial charge in [0.1, 0.15) is 25.5 Å². The van der Waals surface area contributed by atoms with Gasteiger partial charge in [0, 0.05) is 11.6 Å². The number of hydrogen-bond acceptors (Lipinski definition) is 6. The van der Waals surface area contributed by atoms with E-state index in [-0.39, 0.29) is 17.9 Å². The zero-order valence-electron chi connectivity index (χ0n) is 13.2. The van der Waals surface area contributed by atoms with Crippen molar-refractivity contribution in [2.45, 2.75) is 6.54 Å². The number of nitrogens with zero attached hydrogens (tertiary/aromatic N) is 2. The lowest BCUT2D eigenvalue weighted by atomic mass is 10.1. The maximum absolute atomic E-state index is 12.5. The summed E-state index contributed by atoms with van der Waals surface area (Å²) in [4.78, 5) is 24.5. The third-order valence-electron chi connectivity index (χ3n) is 3.80. The van der Waals surface area contributed by atoms with Crippen molar-refractivity contribution in [3.8, 4) is 23.0 Å². The van der Waals surface area contributed by atoms with Crippen LogP contribution in [-0.2, 0) is 6.54 Å². The molecule has 7 nitrogen and oxygen atoms in total. The van der Waals surface area contributed by atoms with Gasteiger partial charge in [-0.25, -0.2) is 4.68 Å². The van der Waals surface area contributed by atoms with Crippen LogP contribution in [-0.4, -0.2) is 28.8 Å². The molecular formula is C18H14N2O5. The van der Waals surface area contributed by atoms with Crippen molar-refractivity contribution in [3.63, 3.8) is 0 Å². The summed E-state index contributed by atoms with van der Waals surface area (Å²) in [7, 11) is 0. The number of benzene rings is 1. The average molecular weight is 338 g/mol. The van der Waals surface area contributed by atoms with Gasteiger partial charge < -0.3 is 13.9 Å². The molecule has 3 heterocycles. The minimum atomic E-state index is -0.360. The van der Waals surface area contributed by atoms with Gasteiger partial charge in [0.15, 0.2) is 23.0 Å². The number of ketones is 1. The van der Waals surface area contributed by atoms with Gasteiger partial charge in [-0.3, -0.25) is 9.59 Å². The van der Waals surface area contributed by atoms with Gasteiger partial charge in [0.05, 0.1) is 6.26 Å². The van der Waals surface area contributed by atoms with Gasteiger partial charge >= 0.3 is 0 Å². The fourth-order valence-electron chi connectivity index (χ4n) is 2.56. The van der Waals surface area contributed by atoms with Crippen molar-refractivity contribution in [2.75, 3.05) is 13.2 Å². The molecule has 0 aliphatic carbocycles. The summed E-state index contributed by atoms with van der Waals surface area (Å²) in [5.74, 6) is 1.42. The first-order valence-electron chi connectivity index (χ1n) is 7.75. The molecule has 0 fully saturated rings. The smallest absolute Gasteiger partial charge is 0.267 e. The monoisotopic (exact) mass is 338 g/mol. The Morgan fingerprint density at radius 3 is 2.72 bits per heavy atom. The highest BCUT2D eigenvalue weighted by molar-refractivity contribution is 5.96. The molecule has 1 aliphatic heterocycles. The molecule has 1 aromatic carbocycles. The van der Waals surface area contributed by atoms with E-state index in [2.05, 4.69) is 5.10 Å². The highest BCUT2D eigenvalue weighted by Gasteiger charge is 2.16. The van der Waals surface area contributed by atoms with Crippen LogP contribution in [0.1, 0.15) is 10.4 Å². The van der Waals surface area contributed by atoms with E-state index in [0.717, 1.165) is 4.68 Å². The van der Waals surface area contributed by atoms with Crippen LogP contribution in [0.2, 0.25) is 0 Å². The lowest BCUT2D eigenvalue weighted by Crippen LogP contribution is -2.26. The number of ether oxygens (including phenoxy) is 2. The molecular weight excluding hydrogens is 324 g/mol. The summed E-state index contributed by atoms with van der Waals surface area (Å²) in [5.41, 5.74) is 0.558. The molecule has 4 rings (SSSR count). The number of furan rings is 1. The predicted molar refractivity (Wildman–Crippen MR) is 88.0 cm³/mol. The second-order valence-corrected chi connectivity index (χ2v) is 5.47. The van der Waals surface area contributed by atoms with Crippen molar-refractivity contribution in [1.29, 1.82) is 0 Å². The molecule has 2 aromatic heterocycles. The molecule has 3 aromatic rings. The molecule has 0 saturated carbocycles. The molecule has 0 N–H and O–H groups in total. The fraction of sp³-hybridized carbons (Fsp3) is 0.167. The van der Waals surface area contributed by atoms with Crippen LogP contribution in [0.4, 0.5) is 0 Å². The normalized spacial score (nSPS) is 12.8. The topological polar surface area (TPSA) is 83.6 Å². The lowest BCUT2D eigenvalue weighted by molar-refractivity contribution is 0.0964. The predicted octanol–water partition coefficient (Wildman–Crippen LogP) is 2.16. The molecule has 0 spiro atoms. The Balaban J connectivity index is 1.60. The minimum absolute atomic E-state index is 0.174. The largest absolute Gasteiger partial charge is 0.486 e. The Labute approximate surface area is 142 Å². The van der Waals surface area contributed by atoms with Gasteiger partial charge in [-0.15, -0.1) is 0 Å². The number of fused-ring (bicyclic) bond motifs is 1.